The number of aliphatic hydroxyl groups excluding tert-OH is 1. The minimum atomic E-state index is -0.822. The van der Waals surface area contributed by atoms with Gasteiger partial charge in [0.25, 0.3) is 0 Å². The minimum Gasteiger partial charge on any atom is -0.451 e. The standard InChI is InChI=1S/C13H10BrNO3/c14-11-4-3-10(18-11)13(17)7-1-2-9-8(5-7)6-12(16)15-9/h1-5,13,17H,6H2,(H,15,16). The number of anilines is 1. The van der Waals surface area contributed by atoms with Gasteiger partial charge in [0.2, 0.25) is 5.91 Å². The summed E-state index contributed by atoms with van der Waals surface area (Å²) in [6, 6.07) is 8.86. The number of fused-ring (bicyclic) bond motifs is 1. The number of carbonyl (C=O) groups excluding carboxylic acids is 1. The zero-order chi connectivity index (χ0) is 12.7. The number of aliphatic hydroxyl groups is 1. The van der Waals surface area contributed by atoms with Crippen LogP contribution in [0.4, 0.5) is 5.69 Å². The molecule has 1 aromatic carbocycles. The van der Waals surface area contributed by atoms with Crippen LogP contribution in [0.15, 0.2) is 39.4 Å². The molecule has 1 aromatic heterocycles. The van der Waals surface area contributed by atoms with Crippen LogP contribution in [-0.2, 0) is 11.2 Å². The molecule has 1 aliphatic rings. The van der Waals surface area contributed by atoms with Crippen LogP contribution in [0.3, 0.4) is 0 Å². The third-order valence-corrected chi connectivity index (χ3v) is 3.36. The van der Waals surface area contributed by atoms with E-state index in [9.17, 15) is 9.90 Å². The van der Waals surface area contributed by atoms with Gasteiger partial charge in [-0.15, -0.1) is 0 Å². The number of hydrogen-bond acceptors (Lipinski definition) is 3. The van der Waals surface area contributed by atoms with Gasteiger partial charge in [0.15, 0.2) is 4.67 Å². The number of amides is 1. The molecule has 2 aromatic rings. The van der Waals surface area contributed by atoms with Gasteiger partial charge in [0, 0.05) is 5.69 Å². The number of hydrogen-bond donors (Lipinski definition) is 2. The van der Waals surface area contributed by atoms with E-state index in [0.717, 1.165) is 11.3 Å². The monoisotopic (exact) mass is 307 g/mol. The van der Waals surface area contributed by atoms with Crippen LogP contribution in [-0.4, -0.2) is 11.0 Å². The normalized spacial score (nSPS) is 15.3. The minimum absolute atomic E-state index is 0.0163. The van der Waals surface area contributed by atoms with E-state index in [-0.39, 0.29) is 5.91 Å². The van der Waals surface area contributed by atoms with E-state index in [4.69, 9.17) is 4.42 Å². The van der Waals surface area contributed by atoms with Crippen molar-refractivity contribution >= 4 is 27.5 Å². The van der Waals surface area contributed by atoms with Gasteiger partial charge in [-0.05, 0) is 45.3 Å². The smallest absolute Gasteiger partial charge is 0.228 e. The fourth-order valence-electron chi connectivity index (χ4n) is 2.06. The second-order valence-electron chi connectivity index (χ2n) is 4.19. The SMILES string of the molecule is O=C1Cc2cc(C(O)c3ccc(Br)o3)ccc2N1. The highest BCUT2D eigenvalue weighted by Gasteiger charge is 2.21. The number of carbonyl (C=O) groups is 1. The first-order valence-corrected chi connectivity index (χ1v) is 6.29. The Hall–Kier alpha value is -1.59. The summed E-state index contributed by atoms with van der Waals surface area (Å²) in [6.45, 7) is 0. The second kappa shape index (κ2) is 4.26. The van der Waals surface area contributed by atoms with Crippen LogP contribution in [0.2, 0.25) is 0 Å². The van der Waals surface area contributed by atoms with Crippen LogP contribution in [0.5, 0.6) is 0 Å². The molecule has 0 fully saturated rings. The Morgan fingerprint density at radius 3 is 2.89 bits per heavy atom. The zero-order valence-electron chi connectivity index (χ0n) is 9.31. The lowest BCUT2D eigenvalue weighted by atomic mass is 10.0. The second-order valence-corrected chi connectivity index (χ2v) is 4.97. The van der Waals surface area contributed by atoms with Gasteiger partial charge in [-0.25, -0.2) is 0 Å². The van der Waals surface area contributed by atoms with Crippen LogP contribution in [0.1, 0.15) is 23.0 Å². The van der Waals surface area contributed by atoms with Crippen molar-refractivity contribution in [2.24, 2.45) is 0 Å². The van der Waals surface area contributed by atoms with Gasteiger partial charge >= 0.3 is 0 Å². The third kappa shape index (κ3) is 1.95. The Kier molecular flexibility index (Phi) is 2.72. The summed E-state index contributed by atoms with van der Waals surface area (Å²) in [4.78, 5) is 11.3. The number of rotatable bonds is 2. The average Bonchev–Trinajstić information content (AvgIpc) is 2.92. The number of benzene rings is 1. The zero-order valence-corrected chi connectivity index (χ0v) is 10.9. The Balaban J connectivity index is 1.94. The van der Waals surface area contributed by atoms with Crippen molar-refractivity contribution < 1.29 is 14.3 Å². The summed E-state index contributed by atoms with van der Waals surface area (Å²) < 4.78 is 5.90. The summed E-state index contributed by atoms with van der Waals surface area (Å²) in [6.07, 6.45) is -0.463. The molecule has 4 nitrogen and oxygen atoms in total. The molecule has 5 heteroatoms. The number of furan rings is 1. The molecule has 2 heterocycles. The first-order chi connectivity index (χ1) is 8.63. The maximum atomic E-state index is 11.3. The van der Waals surface area contributed by atoms with Gasteiger partial charge in [-0.3, -0.25) is 4.79 Å². The maximum absolute atomic E-state index is 11.3. The Labute approximate surface area is 112 Å². The van der Waals surface area contributed by atoms with Crippen molar-refractivity contribution in [1.29, 1.82) is 0 Å². The van der Waals surface area contributed by atoms with Gasteiger partial charge in [-0.1, -0.05) is 12.1 Å². The van der Waals surface area contributed by atoms with Crippen LogP contribution in [0, 0.1) is 0 Å². The van der Waals surface area contributed by atoms with Crippen molar-refractivity contribution in [2.75, 3.05) is 5.32 Å². The molecular weight excluding hydrogens is 298 g/mol. The van der Waals surface area contributed by atoms with E-state index >= 15 is 0 Å². The van der Waals surface area contributed by atoms with Gasteiger partial charge in [0.1, 0.15) is 11.9 Å². The van der Waals surface area contributed by atoms with Crippen molar-refractivity contribution in [3.05, 3.63) is 51.9 Å². The molecule has 0 saturated heterocycles. The van der Waals surface area contributed by atoms with Gasteiger partial charge in [-0.2, -0.15) is 0 Å². The fraction of sp³-hybridized carbons (Fsp3) is 0.154. The van der Waals surface area contributed by atoms with E-state index < -0.39 is 6.10 Å². The molecular formula is C13H10BrNO3. The molecule has 1 atom stereocenters. The molecule has 92 valence electrons. The third-order valence-electron chi connectivity index (χ3n) is 2.93. The molecule has 0 bridgehead atoms. The lowest BCUT2D eigenvalue weighted by Gasteiger charge is -2.09. The molecule has 0 radical (unpaired) electrons. The van der Waals surface area contributed by atoms with E-state index in [1.165, 1.54) is 0 Å². The van der Waals surface area contributed by atoms with Gasteiger partial charge < -0.3 is 14.8 Å². The Morgan fingerprint density at radius 1 is 1.33 bits per heavy atom. The average molecular weight is 308 g/mol. The van der Waals surface area contributed by atoms with Crippen LogP contribution >= 0.6 is 15.9 Å². The molecule has 1 amide bonds. The molecule has 18 heavy (non-hydrogen) atoms. The quantitative estimate of drug-likeness (QED) is 0.896. The number of nitrogens with one attached hydrogen (secondary N) is 1. The Morgan fingerprint density at radius 2 is 2.17 bits per heavy atom. The lowest BCUT2D eigenvalue weighted by molar-refractivity contribution is -0.115. The molecule has 1 unspecified atom stereocenters. The molecule has 2 N–H and O–H groups in total. The molecule has 3 rings (SSSR count). The highest BCUT2D eigenvalue weighted by atomic mass is 79.9. The Bertz CT molecular complexity index is 620. The van der Waals surface area contributed by atoms with E-state index in [2.05, 4.69) is 21.2 Å². The van der Waals surface area contributed by atoms with E-state index in [1.54, 1.807) is 24.3 Å². The summed E-state index contributed by atoms with van der Waals surface area (Å²) in [5.41, 5.74) is 2.44. The maximum Gasteiger partial charge on any atom is 0.228 e. The van der Waals surface area contributed by atoms with Crippen molar-refractivity contribution in [1.82, 2.24) is 0 Å². The summed E-state index contributed by atoms with van der Waals surface area (Å²) in [5.74, 6) is 0.455. The molecule has 0 spiro atoms. The van der Waals surface area contributed by atoms with E-state index in [0.29, 0.717) is 22.4 Å². The first-order valence-electron chi connectivity index (χ1n) is 5.49. The van der Waals surface area contributed by atoms with E-state index in [1.807, 2.05) is 6.07 Å². The van der Waals surface area contributed by atoms with Crippen LogP contribution < -0.4 is 5.32 Å². The van der Waals surface area contributed by atoms with Crippen molar-refractivity contribution in [2.45, 2.75) is 12.5 Å². The predicted molar refractivity (Wildman–Crippen MR) is 69.2 cm³/mol. The molecule has 0 saturated carbocycles. The first kappa shape index (κ1) is 11.5. The number of halogens is 1. The highest BCUT2D eigenvalue weighted by Crippen LogP contribution is 2.30. The lowest BCUT2D eigenvalue weighted by Crippen LogP contribution is -2.03. The highest BCUT2D eigenvalue weighted by molar-refractivity contribution is 9.10. The topological polar surface area (TPSA) is 62.5 Å². The summed E-state index contributed by atoms with van der Waals surface area (Å²) >= 11 is 3.20. The summed E-state index contributed by atoms with van der Waals surface area (Å²) in [7, 11) is 0. The molecule has 0 aliphatic carbocycles. The van der Waals surface area contributed by atoms with Crippen molar-refractivity contribution in [3.8, 4) is 0 Å². The van der Waals surface area contributed by atoms with Gasteiger partial charge in [0.05, 0.1) is 6.42 Å². The molecule has 1 aliphatic heterocycles. The predicted octanol–water partition coefficient (Wildman–Crippen LogP) is 2.62. The largest absolute Gasteiger partial charge is 0.451 e. The fourth-order valence-corrected chi connectivity index (χ4v) is 2.38. The summed E-state index contributed by atoms with van der Waals surface area (Å²) in [5, 5.41) is 12.9. The van der Waals surface area contributed by atoms with Crippen LogP contribution in [0.25, 0.3) is 0 Å². The van der Waals surface area contributed by atoms with Crippen molar-refractivity contribution in [3.63, 3.8) is 0 Å².